The molecule has 1 saturated heterocycles. The van der Waals surface area contributed by atoms with Crippen molar-refractivity contribution in [2.75, 3.05) is 6.61 Å². The van der Waals surface area contributed by atoms with Gasteiger partial charge in [-0.15, -0.1) is 0 Å². The van der Waals surface area contributed by atoms with Gasteiger partial charge in [-0.3, -0.25) is 9.59 Å². The van der Waals surface area contributed by atoms with E-state index in [0.717, 1.165) is 5.57 Å². The van der Waals surface area contributed by atoms with Gasteiger partial charge in [-0.25, -0.2) is 4.39 Å². The Hall–Kier alpha value is -1.41. The van der Waals surface area contributed by atoms with Crippen LogP contribution in [0.2, 0.25) is 0 Å². The average Bonchev–Trinajstić information content (AvgIpc) is 3.09. The summed E-state index contributed by atoms with van der Waals surface area (Å²) in [5.74, 6) is -2.46. The fourth-order valence-corrected chi connectivity index (χ4v) is 7.93. The molecule has 5 aliphatic rings. The fraction of sp³-hybridized carbons (Fsp3) is 0.750. The number of allylic oxidation sites excluding steroid dienone is 4. The molecule has 0 aromatic rings. The first-order valence-corrected chi connectivity index (χ1v) is 11.2. The number of hydrogen-bond acceptors (Lipinski definition) is 6. The van der Waals surface area contributed by atoms with E-state index in [2.05, 4.69) is 0 Å². The molecule has 6 nitrogen and oxygen atoms in total. The molecule has 0 amide bonds. The van der Waals surface area contributed by atoms with Crippen LogP contribution in [0.5, 0.6) is 0 Å². The van der Waals surface area contributed by atoms with Crippen molar-refractivity contribution >= 4 is 11.6 Å². The molecule has 5 rings (SSSR count). The number of aliphatic hydroxyl groups is 2. The van der Waals surface area contributed by atoms with E-state index >= 15 is 4.39 Å². The fourth-order valence-electron chi connectivity index (χ4n) is 7.93. The quantitative estimate of drug-likeness (QED) is 0.694. The predicted molar refractivity (Wildman–Crippen MR) is 109 cm³/mol. The van der Waals surface area contributed by atoms with Crippen LogP contribution in [-0.4, -0.2) is 57.7 Å². The summed E-state index contributed by atoms with van der Waals surface area (Å²) in [6.07, 6.45) is 4.00. The van der Waals surface area contributed by atoms with E-state index in [4.69, 9.17) is 9.47 Å². The average molecular weight is 435 g/mol. The van der Waals surface area contributed by atoms with Gasteiger partial charge in [0.15, 0.2) is 28.6 Å². The third-order valence-electron chi connectivity index (χ3n) is 9.19. The second kappa shape index (κ2) is 6.13. The number of aliphatic hydroxyl groups excluding tert-OH is 2. The number of fused-ring (bicyclic) bond motifs is 7. The molecule has 0 unspecified atom stereocenters. The minimum absolute atomic E-state index is 0.0109. The summed E-state index contributed by atoms with van der Waals surface area (Å²) in [7, 11) is 0. The molecule has 7 heteroatoms. The van der Waals surface area contributed by atoms with Crippen LogP contribution in [0.1, 0.15) is 53.4 Å². The van der Waals surface area contributed by atoms with Crippen LogP contribution in [0.4, 0.5) is 4.39 Å². The Bertz CT molecular complexity index is 925. The summed E-state index contributed by atoms with van der Waals surface area (Å²) < 4.78 is 29.5. The first kappa shape index (κ1) is 21.4. The molecule has 170 valence electrons. The predicted octanol–water partition coefficient (Wildman–Crippen LogP) is 2.42. The summed E-state index contributed by atoms with van der Waals surface area (Å²) in [5.41, 5.74) is -4.66. The van der Waals surface area contributed by atoms with Crippen LogP contribution in [0.15, 0.2) is 23.8 Å². The Labute approximate surface area is 181 Å². The molecular weight excluding hydrogens is 403 g/mol. The third-order valence-corrected chi connectivity index (χ3v) is 9.19. The Kier molecular flexibility index (Phi) is 4.24. The molecule has 0 bridgehead atoms. The second-order valence-corrected chi connectivity index (χ2v) is 10.9. The highest BCUT2D eigenvalue weighted by molar-refractivity contribution is 6.01. The van der Waals surface area contributed by atoms with Gasteiger partial charge in [0.25, 0.3) is 0 Å². The van der Waals surface area contributed by atoms with Crippen LogP contribution in [0.25, 0.3) is 0 Å². The highest BCUT2D eigenvalue weighted by Gasteiger charge is 2.79. The third kappa shape index (κ3) is 2.31. The number of Topliss-reactive ketones (excluding diaryl/α,β-unsaturated/α-hetero) is 1. The van der Waals surface area contributed by atoms with Gasteiger partial charge in [-0.05, 0) is 64.5 Å². The minimum atomic E-state index is -1.98. The molecular formula is C24H31FO6. The Morgan fingerprint density at radius 2 is 1.97 bits per heavy atom. The van der Waals surface area contributed by atoms with E-state index in [1.165, 1.54) is 12.2 Å². The van der Waals surface area contributed by atoms with E-state index in [-0.39, 0.29) is 18.1 Å². The number of alkyl halides is 1. The van der Waals surface area contributed by atoms with Crippen molar-refractivity contribution in [2.24, 2.45) is 22.7 Å². The Balaban J connectivity index is 1.64. The maximum absolute atomic E-state index is 17.1. The summed E-state index contributed by atoms with van der Waals surface area (Å²) in [6, 6.07) is 0. The number of carbonyl (C=O) groups is 2. The zero-order valence-electron chi connectivity index (χ0n) is 18.5. The van der Waals surface area contributed by atoms with Gasteiger partial charge >= 0.3 is 0 Å². The highest BCUT2D eigenvalue weighted by atomic mass is 19.1. The summed E-state index contributed by atoms with van der Waals surface area (Å²) in [6.45, 7) is 6.41. The van der Waals surface area contributed by atoms with Gasteiger partial charge in [0, 0.05) is 16.7 Å². The molecule has 1 aliphatic heterocycles. The second-order valence-electron chi connectivity index (χ2n) is 10.9. The number of halogens is 1. The molecule has 2 N–H and O–H groups in total. The van der Waals surface area contributed by atoms with Crippen molar-refractivity contribution in [3.8, 4) is 0 Å². The maximum Gasteiger partial charge on any atom is 0.193 e. The van der Waals surface area contributed by atoms with Crippen LogP contribution >= 0.6 is 0 Å². The lowest BCUT2D eigenvalue weighted by atomic mass is 9.44. The lowest BCUT2D eigenvalue weighted by Gasteiger charge is -2.62. The first-order chi connectivity index (χ1) is 14.4. The number of rotatable bonds is 2. The van der Waals surface area contributed by atoms with Gasteiger partial charge in [0.1, 0.15) is 6.61 Å². The highest BCUT2D eigenvalue weighted by Crippen LogP contribution is 2.72. The van der Waals surface area contributed by atoms with Crippen molar-refractivity contribution in [1.29, 1.82) is 0 Å². The van der Waals surface area contributed by atoms with Gasteiger partial charge < -0.3 is 19.7 Å². The smallest absolute Gasteiger partial charge is 0.193 e. The number of ketones is 2. The molecule has 3 saturated carbocycles. The Morgan fingerprint density at radius 1 is 1.26 bits per heavy atom. The number of ether oxygens (including phenoxy) is 2. The van der Waals surface area contributed by atoms with Gasteiger partial charge in [-0.2, -0.15) is 0 Å². The SMILES string of the molecule is CC1(C)O[C@H]2C[C@@H]3[C@H]4CCC5=CC(=O)C=C[C@]5(C)[C@@]4(F)[C@@H](O)C[C@]3(C)[C@]2(C(=O)CO)O1. The number of hydrogen-bond donors (Lipinski definition) is 2. The number of carbonyl (C=O) groups excluding carboxylic acids is 2. The van der Waals surface area contributed by atoms with E-state index in [1.54, 1.807) is 26.8 Å². The lowest BCUT2D eigenvalue weighted by molar-refractivity contribution is -0.246. The molecule has 1 heterocycles. The van der Waals surface area contributed by atoms with Crippen LogP contribution < -0.4 is 0 Å². The molecule has 31 heavy (non-hydrogen) atoms. The first-order valence-electron chi connectivity index (χ1n) is 11.2. The molecule has 0 radical (unpaired) electrons. The molecule has 4 fully saturated rings. The van der Waals surface area contributed by atoms with E-state index in [9.17, 15) is 19.8 Å². The molecule has 0 spiro atoms. The maximum atomic E-state index is 17.1. The molecule has 4 aliphatic carbocycles. The monoisotopic (exact) mass is 434 g/mol. The summed E-state index contributed by atoms with van der Waals surface area (Å²) >= 11 is 0. The summed E-state index contributed by atoms with van der Waals surface area (Å²) in [5, 5.41) is 21.2. The zero-order valence-corrected chi connectivity index (χ0v) is 18.5. The molecule has 8 atom stereocenters. The largest absolute Gasteiger partial charge is 0.390 e. The van der Waals surface area contributed by atoms with Gasteiger partial charge in [0.2, 0.25) is 0 Å². The standard InChI is InChI=1S/C24H31FO6/c1-20(2)30-19-10-16-15-6-5-13-9-14(27)7-8-21(13,3)23(15,25)17(28)11-22(16,4)24(19,31-20)18(29)12-26/h7-9,15-17,19,26,28H,5-6,10-12H2,1-4H3/t15-,16-,17+,19+,21+,22+,23+,24-/m1/s1. The van der Waals surface area contributed by atoms with Crippen molar-refractivity contribution in [1.82, 2.24) is 0 Å². The van der Waals surface area contributed by atoms with Gasteiger partial charge in [-0.1, -0.05) is 18.6 Å². The lowest BCUT2D eigenvalue weighted by Crippen LogP contribution is -2.70. The van der Waals surface area contributed by atoms with Crippen LogP contribution in [0.3, 0.4) is 0 Å². The molecule has 0 aromatic carbocycles. The Morgan fingerprint density at radius 3 is 2.65 bits per heavy atom. The van der Waals surface area contributed by atoms with Crippen LogP contribution in [0, 0.1) is 22.7 Å². The van der Waals surface area contributed by atoms with Crippen molar-refractivity contribution < 1.29 is 33.7 Å². The van der Waals surface area contributed by atoms with Crippen molar-refractivity contribution in [3.05, 3.63) is 23.8 Å². The van der Waals surface area contributed by atoms with Crippen molar-refractivity contribution in [2.45, 2.75) is 82.6 Å². The topological polar surface area (TPSA) is 93.1 Å². The van der Waals surface area contributed by atoms with E-state index in [1.807, 2.05) is 6.92 Å². The van der Waals surface area contributed by atoms with Crippen LogP contribution in [-0.2, 0) is 19.1 Å². The molecule has 0 aromatic heterocycles. The minimum Gasteiger partial charge on any atom is -0.390 e. The van der Waals surface area contributed by atoms with Gasteiger partial charge in [0.05, 0.1) is 12.2 Å². The van der Waals surface area contributed by atoms with E-state index < -0.39 is 58.4 Å². The van der Waals surface area contributed by atoms with Crippen molar-refractivity contribution in [3.63, 3.8) is 0 Å². The zero-order chi connectivity index (χ0) is 22.6. The summed E-state index contributed by atoms with van der Waals surface area (Å²) in [4.78, 5) is 25.1. The normalized spacial score (nSPS) is 52.1. The van der Waals surface area contributed by atoms with E-state index in [0.29, 0.717) is 19.3 Å².